The Hall–Kier alpha value is -3.88. The first-order valence-corrected chi connectivity index (χ1v) is 13.1. The Morgan fingerprint density at radius 1 is 1.00 bits per heavy atom. The van der Waals surface area contributed by atoms with E-state index in [0.717, 1.165) is 28.8 Å². The minimum Gasteiger partial charge on any atom is -0.280 e. The lowest BCUT2D eigenvalue weighted by atomic mass is 10.0. The summed E-state index contributed by atoms with van der Waals surface area (Å²) in [5.41, 5.74) is 4.59. The minimum atomic E-state index is -0.469. The summed E-state index contributed by atoms with van der Waals surface area (Å²) in [5.74, 6) is 0.263. The van der Waals surface area contributed by atoms with Crippen molar-refractivity contribution in [1.82, 2.24) is 29.3 Å². The molecule has 0 amide bonds. The summed E-state index contributed by atoms with van der Waals surface area (Å²) in [6, 6.07) is 10.6. The van der Waals surface area contributed by atoms with Crippen LogP contribution >= 0.6 is 23.2 Å². The number of hydrogen-bond donors (Lipinski definition) is 0. The van der Waals surface area contributed by atoms with Crippen molar-refractivity contribution in [1.29, 1.82) is 0 Å². The van der Waals surface area contributed by atoms with Crippen LogP contribution in [0.2, 0.25) is 10.0 Å². The van der Waals surface area contributed by atoms with Crippen molar-refractivity contribution in [3.05, 3.63) is 110 Å². The van der Waals surface area contributed by atoms with Crippen LogP contribution in [0.5, 0.6) is 0 Å². The van der Waals surface area contributed by atoms with Gasteiger partial charge in [-0.25, -0.2) is 14.1 Å². The van der Waals surface area contributed by atoms with Crippen LogP contribution in [-0.4, -0.2) is 29.3 Å². The van der Waals surface area contributed by atoms with E-state index < -0.39 is 5.82 Å². The Labute approximate surface area is 233 Å². The van der Waals surface area contributed by atoms with Crippen LogP contribution in [0.3, 0.4) is 0 Å². The molecule has 1 aliphatic rings. The summed E-state index contributed by atoms with van der Waals surface area (Å²) in [6.07, 6.45) is 7.28. The lowest BCUT2D eigenvalue weighted by Crippen LogP contribution is -2.23. The number of aromatic nitrogens is 6. The van der Waals surface area contributed by atoms with Gasteiger partial charge in [0.25, 0.3) is 5.56 Å². The number of nitrogens with zero attached hydrogens (tertiary/aromatic N) is 6. The Kier molecular flexibility index (Phi) is 6.32. The van der Waals surface area contributed by atoms with Gasteiger partial charge in [-0.1, -0.05) is 29.3 Å². The quantitative estimate of drug-likeness (QED) is 0.247. The molecule has 7 nitrogen and oxygen atoms in total. The zero-order valence-electron chi connectivity index (χ0n) is 21.4. The summed E-state index contributed by atoms with van der Waals surface area (Å²) < 4.78 is 18.8. The molecule has 39 heavy (non-hydrogen) atoms. The van der Waals surface area contributed by atoms with Crippen molar-refractivity contribution in [2.75, 3.05) is 0 Å². The monoisotopic (exact) mass is 560 g/mol. The van der Waals surface area contributed by atoms with E-state index in [9.17, 15) is 4.79 Å². The smallest absolute Gasteiger partial charge is 0.274 e. The average molecular weight is 561 g/mol. The van der Waals surface area contributed by atoms with Crippen LogP contribution in [0.15, 0.2) is 66.1 Å². The molecule has 4 heterocycles. The van der Waals surface area contributed by atoms with E-state index in [1.165, 1.54) is 11.0 Å². The Balaban J connectivity index is 1.40. The molecule has 0 aliphatic heterocycles. The van der Waals surface area contributed by atoms with Crippen molar-refractivity contribution >= 4 is 23.2 Å². The molecule has 0 unspecified atom stereocenters. The first-order chi connectivity index (χ1) is 18.7. The van der Waals surface area contributed by atoms with E-state index in [4.69, 9.17) is 23.2 Å². The van der Waals surface area contributed by atoms with Crippen LogP contribution in [0, 0.1) is 19.7 Å². The highest BCUT2D eigenvalue weighted by atomic mass is 35.5. The van der Waals surface area contributed by atoms with Gasteiger partial charge in [-0.2, -0.15) is 5.10 Å². The first-order valence-electron chi connectivity index (χ1n) is 12.4. The van der Waals surface area contributed by atoms with Gasteiger partial charge in [0.1, 0.15) is 17.2 Å². The molecule has 4 aromatic heterocycles. The minimum absolute atomic E-state index is 0.116. The third kappa shape index (κ3) is 4.43. The first kappa shape index (κ1) is 25.4. The van der Waals surface area contributed by atoms with E-state index in [0.29, 0.717) is 33.4 Å². The van der Waals surface area contributed by atoms with Gasteiger partial charge in [-0.05, 0) is 79.1 Å². The highest BCUT2D eigenvalue weighted by Gasteiger charge is 2.42. The van der Waals surface area contributed by atoms with E-state index in [1.54, 1.807) is 54.5 Å². The second-order valence-corrected chi connectivity index (χ2v) is 10.6. The normalized spacial score (nSPS) is 16.5. The maximum atomic E-state index is 15.7. The molecule has 0 spiro atoms. The number of pyridine rings is 3. The van der Waals surface area contributed by atoms with Gasteiger partial charge in [0.05, 0.1) is 22.0 Å². The maximum absolute atomic E-state index is 15.7. The number of rotatable bonds is 5. The fourth-order valence-corrected chi connectivity index (χ4v) is 5.65. The predicted octanol–water partition coefficient (Wildman–Crippen LogP) is 6.42. The molecule has 5 aromatic rings. The summed E-state index contributed by atoms with van der Waals surface area (Å²) in [5, 5.41) is 4.80. The van der Waals surface area contributed by atoms with Crippen LogP contribution < -0.4 is 5.56 Å². The van der Waals surface area contributed by atoms with Gasteiger partial charge in [0.15, 0.2) is 5.82 Å². The largest absolute Gasteiger partial charge is 0.280 e. The third-order valence-corrected chi connectivity index (χ3v) is 7.83. The Morgan fingerprint density at radius 3 is 2.54 bits per heavy atom. The Morgan fingerprint density at radius 2 is 1.79 bits per heavy atom. The van der Waals surface area contributed by atoms with Crippen molar-refractivity contribution < 1.29 is 4.39 Å². The molecule has 0 radical (unpaired) electrons. The van der Waals surface area contributed by atoms with Crippen molar-refractivity contribution in [2.24, 2.45) is 7.05 Å². The number of halogens is 3. The van der Waals surface area contributed by atoms with Gasteiger partial charge >= 0.3 is 0 Å². The lowest BCUT2D eigenvalue weighted by Gasteiger charge is -2.17. The van der Waals surface area contributed by atoms with Crippen molar-refractivity contribution in [2.45, 2.75) is 32.1 Å². The molecule has 10 heteroatoms. The molecule has 1 aromatic carbocycles. The van der Waals surface area contributed by atoms with Crippen molar-refractivity contribution in [3.8, 4) is 28.3 Å². The molecular weight excluding hydrogens is 538 g/mol. The molecular formula is C29H23Cl2FN6O. The molecule has 0 bridgehead atoms. The second-order valence-electron chi connectivity index (χ2n) is 9.81. The fraction of sp³-hybridized carbons (Fsp3) is 0.207. The van der Waals surface area contributed by atoms with Crippen molar-refractivity contribution in [3.63, 3.8) is 0 Å². The highest BCUT2D eigenvalue weighted by molar-refractivity contribution is 6.31. The molecule has 6 rings (SSSR count). The second kappa shape index (κ2) is 9.70. The Bertz CT molecular complexity index is 1810. The topological polar surface area (TPSA) is 78.5 Å². The van der Waals surface area contributed by atoms with Gasteiger partial charge in [0.2, 0.25) is 0 Å². The van der Waals surface area contributed by atoms with E-state index in [2.05, 4.69) is 20.1 Å². The summed E-state index contributed by atoms with van der Waals surface area (Å²) in [7, 11) is 1.70. The molecule has 196 valence electrons. The van der Waals surface area contributed by atoms with E-state index >= 15 is 4.39 Å². The lowest BCUT2D eigenvalue weighted by molar-refractivity contribution is 0.630. The maximum Gasteiger partial charge on any atom is 0.274 e. The fourth-order valence-electron chi connectivity index (χ4n) is 5.19. The molecule has 1 aliphatic carbocycles. The number of hydrogen-bond acceptors (Lipinski definition) is 5. The molecule has 2 atom stereocenters. The van der Waals surface area contributed by atoms with Crippen LogP contribution in [0.4, 0.5) is 4.39 Å². The molecule has 0 saturated heterocycles. The van der Waals surface area contributed by atoms with Crippen LogP contribution in [-0.2, 0) is 7.05 Å². The summed E-state index contributed by atoms with van der Waals surface area (Å²) in [6.45, 7) is 3.73. The summed E-state index contributed by atoms with van der Waals surface area (Å²) in [4.78, 5) is 26.5. The molecule has 1 fully saturated rings. The van der Waals surface area contributed by atoms with Gasteiger partial charge in [-0.3, -0.25) is 19.3 Å². The van der Waals surface area contributed by atoms with Crippen LogP contribution in [0.1, 0.15) is 40.6 Å². The molecule has 1 saturated carbocycles. The number of benzene rings is 1. The predicted molar refractivity (Wildman–Crippen MR) is 149 cm³/mol. The zero-order valence-corrected chi connectivity index (χ0v) is 22.9. The van der Waals surface area contributed by atoms with Gasteiger partial charge in [0, 0.05) is 36.9 Å². The standard InChI is InChI=1S/C29H23Cl2FN6O/c1-15-11-34-24(19-5-4-6-20(27(19)32)28-35-14-36-37(28)3)10-25(15)38-16(2)7-23(26(31)29(38)39)22-9-21(22)17-8-18(30)13-33-12-17/h4-8,10-14,21-22H,9H2,1-3H3/t21-,22+/m1/s1. The van der Waals surface area contributed by atoms with E-state index in [1.807, 2.05) is 26.0 Å². The third-order valence-electron chi connectivity index (χ3n) is 7.25. The summed E-state index contributed by atoms with van der Waals surface area (Å²) >= 11 is 12.8. The van der Waals surface area contributed by atoms with E-state index in [-0.39, 0.29) is 22.4 Å². The van der Waals surface area contributed by atoms with Gasteiger partial charge in [-0.15, -0.1) is 0 Å². The highest BCUT2D eigenvalue weighted by Crippen LogP contribution is 2.56. The van der Waals surface area contributed by atoms with Gasteiger partial charge < -0.3 is 0 Å². The molecule has 0 N–H and O–H groups in total. The zero-order chi connectivity index (χ0) is 27.4. The number of aryl methyl sites for hydroxylation is 3. The SMILES string of the molecule is Cc1cnc(-c2cccc(-c3ncnn3C)c2F)cc1-n1c(C)cc([C@H]2C[C@@H]2c2cncc(Cl)c2)c(Cl)c1=O. The average Bonchev–Trinajstić information content (AvgIpc) is 3.60. The van der Waals surface area contributed by atoms with Crippen LogP contribution in [0.25, 0.3) is 28.3 Å².